The van der Waals surface area contributed by atoms with Crippen molar-refractivity contribution < 1.29 is 9.53 Å². The van der Waals surface area contributed by atoms with Crippen LogP contribution in [0, 0.1) is 0 Å². The smallest absolute Gasteiger partial charge is 0.238 e. The van der Waals surface area contributed by atoms with Crippen molar-refractivity contribution in [3.05, 3.63) is 78.1 Å². The van der Waals surface area contributed by atoms with Gasteiger partial charge in [-0.05, 0) is 36.6 Å². The SMILES string of the molecule is C[C@@]12CCC(=O)N1c1cc(Nc3ncc(Cl)c(-c4cccc(-c5ccccc5)c4)n3)cnc1OC2. The minimum Gasteiger partial charge on any atom is -0.474 e. The summed E-state index contributed by atoms with van der Waals surface area (Å²) in [6.45, 7) is 2.48. The number of carbonyl (C=O) groups excluding carboxylic acids is 1. The molecule has 174 valence electrons. The van der Waals surface area contributed by atoms with E-state index in [2.05, 4.69) is 44.5 Å². The quantitative estimate of drug-likeness (QED) is 0.390. The van der Waals surface area contributed by atoms with E-state index in [0.717, 1.165) is 23.1 Å². The maximum absolute atomic E-state index is 12.6. The van der Waals surface area contributed by atoms with E-state index in [1.807, 2.05) is 48.2 Å². The summed E-state index contributed by atoms with van der Waals surface area (Å²) in [5.41, 5.74) is 4.67. The fraction of sp³-hybridized carbons (Fsp3) is 0.185. The number of aromatic nitrogens is 3. The van der Waals surface area contributed by atoms with Crippen LogP contribution in [0.4, 0.5) is 17.3 Å². The number of rotatable bonds is 4. The largest absolute Gasteiger partial charge is 0.474 e. The Hall–Kier alpha value is -3.97. The van der Waals surface area contributed by atoms with Gasteiger partial charge in [-0.1, -0.05) is 60.1 Å². The Morgan fingerprint density at radius 1 is 1.00 bits per heavy atom. The molecular formula is C27H22ClN5O2. The highest BCUT2D eigenvalue weighted by molar-refractivity contribution is 6.32. The third kappa shape index (κ3) is 3.88. The molecule has 1 fully saturated rings. The molecule has 35 heavy (non-hydrogen) atoms. The first-order valence-electron chi connectivity index (χ1n) is 11.4. The number of carbonyl (C=O) groups is 1. The summed E-state index contributed by atoms with van der Waals surface area (Å²) in [5, 5.41) is 3.66. The monoisotopic (exact) mass is 483 g/mol. The molecule has 0 aliphatic carbocycles. The molecule has 2 aliphatic heterocycles. The number of amides is 1. The van der Waals surface area contributed by atoms with Gasteiger partial charge in [0.2, 0.25) is 17.7 Å². The van der Waals surface area contributed by atoms with Crippen LogP contribution in [0.15, 0.2) is 73.1 Å². The lowest BCUT2D eigenvalue weighted by Gasteiger charge is -2.39. The topological polar surface area (TPSA) is 80.2 Å². The number of fused-ring (bicyclic) bond motifs is 3. The average molecular weight is 484 g/mol. The van der Waals surface area contributed by atoms with E-state index in [1.54, 1.807) is 12.4 Å². The summed E-state index contributed by atoms with van der Waals surface area (Å²) in [6, 6.07) is 20.1. The number of hydrogen-bond acceptors (Lipinski definition) is 6. The number of nitrogens with zero attached hydrogens (tertiary/aromatic N) is 4. The normalized spacial score (nSPS) is 18.6. The van der Waals surface area contributed by atoms with Gasteiger partial charge >= 0.3 is 0 Å². The van der Waals surface area contributed by atoms with Crippen LogP contribution in [0.1, 0.15) is 19.8 Å². The zero-order valence-corrected chi connectivity index (χ0v) is 19.8. The lowest BCUT2D eigenvalue weighted by atomic mass is 9.98. The van der Waals surface area contributed by atoms with Crippen molar-refractivity contribution in [1.29, 1.82) is 0 Å². The maximum Gasteiger partial charge on any atom is 0.238 e. The Bertz CT molecular complexity index is 1440. The van der Waals surface area contributed by atoms with Crippen LogP contribution in [0.2, 0.25) is 5.02 Å². The Morgan fingerprint density at radius 2 is 1.80 bits per heavy atom. The van der Waals surface area contributed by atoms with Gasteiger partial charge in [-0.25, -0.2) is 15.0 Å². The Kier molecular flexibility index (Phi) is 5.15. The molecule has 6 rings (SSSR count). The van der Waals surface area contributed by atoms with Gasteiger partial charge in [-0.15, -0.1) is 0 Å². The number of pyridine rings is 1. The van der Waals surface area contributed by atoms with E-state index < -0.39 is 0 Å². The third-order valence-electron chi connectivity index (χ3n) is 6.50. The van der Waals surface area contributed by atoms with Gasteiger partial charge in [0.15, 0.2) is 0 Å². The third-order valence-corrected chi connectivity index (χ3v) is 6.78. The van der Waals surface area contributed by atoms with Crippen molar-refractivity contribution >= 4 is 34.8 Å². The molecule has 1 saturated heterocycles. The van der Waals surface area contributed by atoms with E-state index in [4.69, 9.17) is 16.3 Å². The van der Waals surface area contributed by atoms with Crippen LogP contribution >= 0.6 is 11.6 Å². The zero-order valence-electron chi connectivity index (χ0n) is 19.0. The number of halogens is 1. The number of ether oxygens (including phenoxy) is 1. The molecule has 2 aromatic carbocycles. The molecule has 0 bridgehead atoms. The highest BCUT2D eigenvalue weighted by Gasteiger charge is 2.47. The van der Waals surface area contributed by atoms with Gasteiger partial charge in [-0.3, -0.25) is 9.69 Å². The summed E-state index contributed by atoms with van der Waals surface area (Å²) < 4.78 is 5.85. The molecule has 0 saturated carbocycles. The second-order valence-corrected chi connectivity index (χ2v) is 9.43. The van der Waals surface area contributed by atoms with Crippen molar-refractivity contribution in [3.8, 4) is 28.3 Å². The highest BCUT2D eigenvalue weighted by Crippen LogP contribution is 2.44. The molecule has 4 aromatic rings. The minimum atomic E-state index is -0.349. The van der Waals surface area contributed by atoms with Crippen LogP contribution < -0.4 is 15.0 Å². The van der Waals surface area contributed by atoms with Crippen LogP contribution in [0.25, 0.3) is 22.4 Å². The highest BCUT2D eigenvalue weighted by atomic mass is 35.5. The molecule has 0 unspecified atom stereocenters. The first-order valence-corrected chi connectivity index (χ1v) is 11.8. The van der Waals surface area contributed by atoms with Crippen LogP contribution in [0.3, 0.4) is 0 Å². The molecule has 0 radical (unpaired) electrons. The van der Waals surface area contributed by atoms with Gasteiger partial charge in [0.25, 0.3) is 0 Å². The molecular weight excluding hydrogens is 462 g/mol. The Balaban J connectivity index is 1.32. The van der Waals surface area contributed by atoms with Gasteiger partial charge in [-0.2, -0.15) is 0 Å². The predicted molar refractivity (Wildman–Crippen MR) is 136 cm³/mol. The first kappa shape index (κ1) is 21.6. The molecule has 7 nitrogen and oxygen atoms in total. The van der Waals surface area contributed by atoms with Gasteiger partial charge < -0.3 is 10.1 Å². The molecule has 0 spiro atoms. The zero-order chi connectivity index (χ0) is 24.0. The second-order valence-electron chi connectivity index (χ2n) is 9.03. The summed E-state index contributed by atoms with van der Waals surface area (Å²) in [7, 11) is 0. The van der Waals surface area contributed by atoms with Gasteiger partial charge in [0.1, 0.15) is 12.3 Å². The fourth-order valence-electron chi connectivity index (χ4n) is 4.70. The summed E-state index contributed by atoms with van der Waals surface area (Å²) in [4.78, 5) is 27.9. The van der Waals surface area contributed by atoms with Crippen molar-refractivity contribution in [1.82, 2.24) is 15.0 Å². The molecule has 1 atom stereocenters. The molecule has 1 N–H and O–H groups in total. The van der Waals surface area contributed by atoms with Crippen molar-refractivity contribution in [2.24, 2.45) is 0 Å². The minimum absolute atomic E-state index is 0.0827. The van der Waals surface area contributed by atoms with Crippen LogP contribution in [-0.2, 0) is 4.79 Å². The molecule has 2 aromatic heterocycles. The lowest BCUT2D eigenvalue weighted by Crippen LogP contribution is -2.51. The lowest BCUT2D eigenvalue weighted by molar-refractivity contribution is -0.117. The van der Waals surface area contributed by atoms with Gasteiger partial charge in [0.05, 0.1) is 34.3 Å². The number of nitrogens with one attached hydrogen (secondary N) is 1. The van der Waals surface area contributed by atoms with E-state index in [1.165, 1.54) is 0 Å². The van der Waals surface area contributed by atoms with E-state index in [9.17, 15) is 4.79 Å². The number of benzene rings is 2. The maximum atomic E-state index is 12.6. The second kappa shape index (κ2) is 8.36. The van der Waals surface area contributed by atoms with E-state index in [-0.39, 0.29) is 11.4 Å². The fourth-order valence-corrected chi connectivity index (χ4v) is 4.90. The predicted octanol–water partition coefficient (Wildman–Crippen LogP) is 5.88. The molecule has 2 aliphatic rings. The first-order chi connectivity index (χ1) is 17.0. The van der Waals surface area contributed by atoms with Crippen LogP contribution in [-0.4, -0.2) is 33.0 Å². The standard InChI is InChI=1S/C27H22ClN5O2/c1-27-11-10-23(34)33(27)22-13-20(14-29-25(22)35-16-27)31-26-30-15-21(28)24(32-26)19-9-5-8-18(12-19)17-6-3-2-4-7-17/h2-9,12-15H,10-11,16H2,1H3,(H,30,31,32)/t27-/m0/s1. The molecule has 8 heteroatoms. The van der Waals surface area contributed by atoms with Crippen LogP contribution in [0.5, 0.6) is 5.88 Å². The average Bonchev–Trinajstić information content (AvgIpc) is 3.20. The number of anilines is 3. The Morgan fingerprint density at radius 3 is 2.66 bits per heavy atom. The number of hydrogen-bond donors (Lipinski definition) is 1. The van der Waals surface area contributed by atoms with Crippen molar-refractivity contribution in [2.45, 2.75) is 25.3 Å². The summed E-state index contributed by atoms with van der Waals surface area (Å²) in [5.74, 6) is 0.918. The molecule has 4 heterocycles. The van der Waals surface area contributed by atoms with E-state index in [0.29, 0.717) is 46.9 Å². The molecule has 1 amide bonds. The summed E-state index contributed by atoms with van der Waals surface area (Å²) in [6.07, 6.45) is 4.49. The Labute approximate surface area is 207 Å². The van der Waals surface area contributed by atoms with E-state index >= 15 is 0 Å². The van der Waals surface area contributed by atoms with Crippen molar-refractivity contribution in [3.63, 3.8) is 0 Å². The summed E-state index contributed by atoms with van der Waals surface area (Å²) >= 11 is 6.49. The van der Waals surface area contributed by atoms with Crippen molar-refractivity contribution in [2.75, 3.05) is 16.8 Å². The van der Waals surface area contributed by atoms with Gasteiger partial charge in [0, 0.05) is 12.0 Å².